The van der Waals surface area contributed by atoms with Gasteiger partial charge >= 0.3 is 0 Å². The minimum atomic E-state index is 0.100. The summed E-state index contributed by atoms with van der Waals surface area (Å²) in [6, 6.07) is 0.108. The Balaban J connectivity index is 2.42. The van der Waals surface area contributed by atoms with Gasteiger partial charge < -0.3 is 14.4 Å². The van der Waals surface area contributed by atoms with E-state index in [-0.39, 0.29) is 36.2 Å². The summed E-state index contributed by atoms with van der Waals surface area (Å²) in [6.07, 6.45) is 5.10. The van der Waals surface area contributed by atoms with E-state index in [0.29, 0.717) is 31.8 Å². The first-order valence-electron chi connectivity index (χ1n) is 10.3. The van der Waals surface area contributed by atoms with Crippen LogP contribution in [0.4, 0.5) is 0 Å². The van der Waals surface area contributed by atoms with E-state index in [0.717, 1.165) is 25.7 Å². The van der Waals surface area contributed by atoms with Crippen LogP contribution in [0.25, 0.3) is 0 Å². The maximum atomic E-state index is 12.7. The fourth-order valence-corrected chi connectivity index (χ4v) is 3.31. The van der Waals surface area contributed by atoms with Crippen molar-refractivity contribution in [3.63, 3.8) is 0 Å². The van der Waals surface area contributed by atoms with Crippen molar-refractivity contribution in [1.82, 2.24) is 4.90 Å². The number of carbonyl (C=O) groups is 2. The Kier molecular flexibility index (Phi) is 10.4. The summed E-state index contributed by atoms with van der Waals surface area (Å²) in [4.78, 5) is 26.3. The first-order chi connectivity index (χ1) is 12.2. The largest absolute Gasteiger partial charge is 0.377 e. The van der Waals surface area contributed by atoms with E-state index in [4.69, 9.17) is 9.47 Å². The fourth-order valence-electron chi connectivity index (χ4n) is 3.31. The normalized spacial score (nSPS) is 20.6. The van der Waals surface area contributed by atoms with Crippen LogP contribution < -0.4 is 0 Å². The van der Waals surface area contributed by atoms with Gasteiger partial charge in [-0.25, -0.2) is 0 Å². The van der Waals surface area contributed by atoms with Gasteiger partial charge in [0.1, 0.15) is 5.78 Å². The van der Waals surface area contributed by atoms with E-state index in [1.165, 1.54) is 0 Å². The Labute approximate surface area is 159 Å². The molecule has 0 saturated carbocycles. The van der Waals surface area contributed by atoms with Crippen molar-refractivity contribution in [1.29, 1.82) is 0 Å². The predicted octanol–water partition coefficient (Wildman–Crippen LogP) is 3.98. The van der Waals surface area contributed by atoms with Crippen LogP contribution in [0.15, 0.2) is 0 Å². The van der Waals surface area contributed by atoms with Gasteiger partial charge in [-0.15, -0.1) is 0 Å². The fraction of sp³-hybridized carbons (Fsp3) is 0.905. The number of Topliss-reactive ketones (excluding diaryl/α,β-unsaturated/α-hetero) is 1. The molecule has 1 aliphatic rings. The van der Waals surface area contributed by atoms with Gasteiger partial charge in [-0.05, 0) is 47.0 Å². The summed E-state index contributed by atoms with van der Waals surface area (Å²) >= 11 is 0. The van der Waals surface area contributed by atoms with Gasteiger partial charge in [0.15, 0.2) is 0 Å². The van der Waals surface area contributed by atoms with Crippen LogP contribution in [0.3, 0.4) is 0 Å². The molecule has 5 heteroatoms. The van der Waals surface area contributed by atoms with Gasteiger partial charge in [-0.1, -0.05) is 20.3 Å². The number of amides is 1. The molecule has 0 aliphatic carbocycles. The Bertz CT molecular complexity index is 434. The smallest absolute Gasteiger partial charge is 0.222 e. The third kappa shape index (κ3) is 8.63. The molecule has 1 heterocycles. The van der Waals surface area contributed by atoms with Crippen molar-refractivity contribution >= 4 is 11.7 Å². The van der Waals surface area contributed by atoms with Gasteiger partial charge in [0.05, 0.1) is 31.0 Å². The number of ketones is 1. The monoisotopic (exact) mass is 369 g/mol. The van der Waals surface area contributed by atoms with Gasteiger partial charge in [0.2, 0.25) is 5.91 Å². The van der Waals surface area contributed by atoms with Gasteiger partial charge in [-0.2, -0.15) is 0 Å². The summed E-state index contributed by atoms with van der Waals surface area (Å²) in [7, 11) is 0. The summed E-state index contributed by atoms with van der Waals surface area (Å²) in [5.74, 6) is 0.615. The molecule has 0 aromatic rings. The SMILES string of the molecule is CC(C)OCC1CC(OC(C)C)CN1C(=O)CCCCCC(=O)C(C)C. The third-order valence-electron chi connectivity index (χ3n) is 4.74. The number of hydrogen-bond donors (Lipinski definition) is 0. The lowest BCUT2D eigenvalue weighted by molar-refractivity contribution is -0.134. The predicted molar refractivity (Wildman–Crippen MR) is 104 cm³/mol. The van der Waals surface area contributed by atoms with Crippen molar-refractivity contribution in [2.45, 2.75) is 104 Å². The number of carbonyl (C=O) groups excluding carboxylic acids is 2. The molecule has 0 aromatic heterocycles. The highest BCUT2D eigenvalue weighted by Crippen LogP contribution is 2.24. The molecule has 152 valence electrons. The van der Waals surface area contributed by atoms with Crippen molar-refractivity contribution < 1.29 is 19.1 Å². The lowest BCUT2D eigenvalue weighted by Crippen LogP contribution is -2.39. The van der Waals surface area contributed by atoms with Crippen LogP contribution in [-0.2, 0) is 19.1 Å². The zero-order valence-corrected chi connectivity index (χ0v) is 17.6. The molecular weight excluding hydrogens is 330 g/mol. The maximum Gasteiger partial charge on any atom is 0.222 e. The standard InChI is InChI=1S/C21H39NO4/c1-15(2)20(23)10-8-7-9-11-21(24)22-13-19(26-17(5)6)12-18(22)14-25-16(3)4/h15-19H,7-14H2,1-6H3. The van der Waals surface area contributed by atoms with Crippen LogP contribution >= 0.6 is 0 Å². The number of hydrogen-bond acceptors (Lipinski definition) is 4. The van der Waals surface area contributed by atoms with Crippen LogP contribution in [0.1, 0.15) is 80.1 Å². The quantitative estimate of drug-likeness (QED) is 0.488. The molecule has 1 fully saturated rings. The Morgan fingerprint density at radius 2 is 1.62 bits per heavy atom. The second kappa shape index (κ2) is 11.7. The van der Waals surface area contributed by atoms with E-state index in [1.54, 1.807) is 0 Å². The first-order valence-corrected chi connectivity index (χ1v) is 10.3. The van der Waals surface area contributed by atoms with Crippen molar-refractivity contribution in [3.05, 3.63) is 0 Å². The molecule has 26 heavy (non-hydrogen) atoms. The summed E-state index contributed by atoms with van der Waals surface area (Å²) in [5.41, 5.74) is 0. The molecule has 0 spiro atoms. The lowest BCUT2D eigenvalue weighted by Gasteiger charge is -2.25. The highest BCUT2D eigenvalue weighted by atomic mass is 16.5. The average Bonchev–Trinajstić information content (AvgIpc) is 2.94. The number of nitrogens with zero attached hydrogens (tertiary/aromatic N) is 1. The minimum Gasteiger partial charge on any atom is -0.377 e. The van der Waals surface area contributed by atoms with Crippen molar-refractivity contribution in [2.75, 3.05) is 13.2 Å². The van der Waals surface area contributed by atoms with Crippen molar-refractivity contribution in [2.24, 2.45) is 5.92 Å². The molecule has 5 nitrogen and oxygen atoms in total. The highest BCUT2D eigenvalue weighted by molar-refractivity contribution is 5.80. The van der Waals surface area contributed by atoms with Crippen LogP contribution in [0.5, 0.6) is 0 Å². The van der Waals surface area contributed by atoms with Crippen LogP contribution in [-0.4, -0.2) is 54.1 Å². The Hall–Kier alpha value is -0.940. The molecule has 0 bridgehead atoms. The second-order valence-electron chi connectivity index (χ2n) is 8.31. The van der Waals surface area contributed by atoms with Crippen molar-refractivity contribution in [3.8, 4) is 0 Å². The van der Waals surface area contributed by atoms with E-state index in [2.05, 4.69) is 0 Å². The molecule has 0 aromatic carbocycles. The number of rotatable bonds is 12. The Morgan fingerprint density at radius 1 is 0.962 bits per heavy atom. The highest BCUT2D eigenvalue weighted by Gasteiger charge is 2.36. The third-order valence-corrected chi connectivity index (χ3v) is 4.74. The molecule has 2 atom stereocenters. The molecular formula is C21H39NO4. The van der Waals surface area contributed by atoms with Gasteiger partial charge in [0.25, 0.3) is 0 Å². The average molecular weight is 370 g/mol. The molecule has 0 radical (unpaired) electrons. The molecule has 1 aliphatic heterocycles. The maximum absolute atomic E-state index is 12.7. The molecule has 1 rings (SSSR count). The molecule has 1 amide bonds. The zero-order chi connectivity index (χ0) is 19.7. The lowest BCUT2D eigenvalue weighted by atomic mass is 10.0. The topological polar surface area (TPSA) is 55.8 Å². The summed E-state index contributed by atoms with van der Waals surface area (Å²) in [6.45, 7) is 13.2. The molecule has 2 unspecified atom stereocenters. The second-order valence-corrected chi connectivity index (χ2v) is 8.31. The number of ether oxygens (including phenoxy) is 2. The van der Waals surface area contributed by atoms with E-state index >= 15 is 0 Å². The summed E-state index contributed by atoms with van der Waals surface area (Å²) in [5, 5.41) is 0. The van der Waals surface area contributed by atoms with Crippen LogP contribution in [0.2, 0.25) is 0 Å². The first kappa shape index (κ1) is 23.1. The summed E-state index contributed by atoms with van der Waals surface area (Å²) < 4.78 is 11.7. The van der Waals surface area contributed by atoms with Gasteiger partial charge in [-0.3, -0.25) is 9.59 Å². The number of unbranched alkanes of at least 4 members (excludes halogenated alkanes) is 2. The molecule has 0 N–H and O–H groups in total. The minimum absolute atomic E-state index is 0.100. The van der Waals surface area contributed by atoms with E-state index in [9.17, 15) is 9.59 Å². The van der Waals surface area contributed by atoms with E-state index < -0.39 is 0 Å². The van der Waals surface area contributed by atoms with Gasteiger partial charge in [0, 0.05) is 25.3 Å². The van der Waals surface area contributed by atoms with E-state index in [1.807, 2.05) is 46.4 Å². The van der Waals surface area contributed by atoms with Crippen LogP contribution in [0, 0.1) is 5.92 Å². The number of likely N-dealkylation sites (tertiary alicyclic amines) is 1. The molecule has 1 saturated heterocycles. The zero-order valence-electron chi connectivity index (χ0n) is 17.6. The Morgan fingerprint density at radius 3 is 2.19 bits per heavy atom.